The first kappa shape index (κ1) is 11.1. The predicted molar refractivity (Wildman–Crippen MR) is 61.4 cm³/mol. The van der Waals surface area contributed by atoms with Gasteiger partial charge in [0, 0.05) is 30.4 Å². The molecular weight excluding hydrogens is 186 g/mol. The van der Waals surface area contributed by atoms with Gasteiger partial charge < -0.3 is 10.6 Å². The van der Waals surface area contributed by atoms with Crippen LogP contribution >= 0.6 is 0 Å². The number of hydrogen-bond donors (Lipinski definition) is 2. The zero-order chi connectivity index (χ0) is 11.1. The smallest absolute Gasteiger partial charge is 0.0988 e. The molecule has 15 heavy (non-hydrogen) atoms. The summed E-state index contributed by atoms with van der Waals surface area (Å²) in [6.07, 6.45) is 10.2. The molecule has 0 aromatic rings. The largest absolute Gasteiger partial charge is 0.393 e. The minimum Gasteiger partial charge on any atom is -0.393 e. The van der Waals surface area contributed by atoms with Gasteiger partial charge in [-0.2, -0.15) is 5.26 Å². The van der Waals surface area contributed by atoms with Crippen molar-refractivity contribution < 1.29 is 0 Å². The maximum Gasteiger partial charge on any atom is 0.0988 e. The molecule has 1 aliphatic rings. The van der Waals surface area contributed by atoms with E-state index < -0.39 is 0 Å². The highest BCUT2D eigenvalue weighted by Gasteiger charge is 2.12. The molecule has 1 aliphatic carbocycles. The second-order valence-electron chi connectivity index (χ2n) is 3.21. The Labute approximate surface area is 90.5 Å². The Morgan fingerprint density at radius 1 is 1.73 bits per heavy atom. The van der Waals surface area contributed by atoms with E-state index in [1.807, 2.05) is 31.5 Å². The normalized spacial score (nSPS) is 20.1. The van der Waals surface area contributed by atoms with E-state index >= 15 is 0 Å². The van der Waals surface area contributed by atoms with Gasteiger partial charge in [0.2, 0.25) is 0 Å². The van der Waals surface area contributed by atoms with Gasteiger partial charge in [0.1, 0.15) is 0 Å². The maximum absolute atomic E-state index is 8.69. The van der Waals surface area contributed by atoms with Crippen molar-refractivity contribution in [1.82, 2.24) is 10.6 Å². The van der Waals surface area contributed by atoms with Crippen molar-refractivity contribution in [2.45, 2.75) is 6.42 Å². The van der Waals surface area contributed by atoms with Gasteiger partial charge in [-0.05, 0) is 18.7 Å². The van der Waals surface area contributed by atoms with Crippen LogP contribution < -0.4 is 10.6 Å². The number of hydrogen-bond acceptors (Lipinski definition) is 3. The molecule has 3 heteroatoms. The maximum atomic E-state index is 8.69. The summed E-state index contributed by atoms with van der Waals surface area (Å²) in [5, 5.41) is 14.8. The van der Waals surface area contributed by atoms with E-state index in [9.17, 15) is 0 Å². The molecule has 0 aromatic carbocycles. The highest BCUT2D eigenvalue weighted by atomic mass is 14.9. The topological polar surface area (TPSA) is 47.8 Å². The molecule has 1 unspecified atom stereocenters. The molecule has 1 rings (SSSR count). The van der Waals surface area contributed by atoms with Crippen molar-refractivity contribution >= 4 is 0 Å². The minimum absolute atomic E-state index is 0.285. The van der Waals surface area contributed by atoms with E-state index in [1.54, 1.807) is 6.20 Å². The van der Waals surface area contributed by atoms with Crippen molar-refractivity contribution in [3.05, 3.63) is 48.5 Å². The van der Waals surface area contributed by atoms with E-state index in [1.165, 1.54) is 0 Å². The third-order valence-electron chi connectivity index (χ3n) is 2.20. The van der Waals surface area contributed by atoms with Crippen molar-refractivity contribution in [3.8, 4) is 6.07 Å². The van der Waals surface area contributed by atoms with Gasteiger partial charge in [0.25, 0.3) is 0 Å². The lowest BCUT2D eigenvalue weighted by molar-refractivity contribution is 0.704. The fraction of sp³-hybridized carbons (Fsp3) is 0.250. The highest BCUT2D eigenvalue weighted by Crippen LogP contribution is 2.21. The van der Waals surface area contributed by atoms with Crippen LogP contribution in [0.5, 0.6) is 0 Å². The fourth-order valence-corrected chi connectivity index (χ4v) is 1.46. The Morgan fingerprint density at radius 2 is 2.53 bits per heavy atom. The lowest BCUT2D eigenvalue weighted by Crippen LogP contribution is -2.17. The number of nitrogens with one attached hydrogen (secondary N) is 2. The molecule has 1 atom stereocenters. The SMILES string of the molecule is C=CN/C(=C\NC)C1C=CC(C#N)=CC1. The van der Waals surface area contributed by atoms with Gasteiger partial charge in [0.05, 0.1) is 6.07 Å². The summed E-state index contributed by atoms with van der Waals surface area (Å²) in [6.45, 7) is 3.64. The van der Waals surface area contributed by atoms with Crippen LogP contribution in [-0.2, 0) is 0 Å². The lowest BCUT2D eigenvalue weighted by Gasteiger charge is -2.18. The van der Waals surface area contributed by atoms with E-state index in [0.717, 1.165) is 17.7 Å². The molecule has 0 heterocycles. The second kappa shape index (κ2) is 5.71. The molecule has 0 fully saturated rings. The van der Waals surface area contributed by atoms with Crippen LogP contribution in [0.3, 0.4) is 0 Å². The molecule has 0 bridgehead atoms. The summed E-state index contributed by atoms with van der Waals surface area (Å²) in [4.78, 5) is 0. The Hall–Kier alpha value is -1.95. The molecular formula is C12H15N3. The van der Waals surface area contributed by atoms with Crippen LogP contribution in [0.25, 0.3) is 0 Å². The first-order valence-electron chi connectivity index (χ1n) is 4.85. The number of rotatable bonds is 4. The van der Waals surface area contributed by atoms with E-state index in [2.05, 4.69) is 23.3 Å². The standard InChI is InChI=1S/C12H15N3/c1-3-15-12(9-14-2)11-6-4-10(8-13)5-7-11/h3-6,9,11,14-15H,1,7H2,2H3/b12-9-. The van der Waals surface area contributed by atoms with Gasteiger partial charge >= 0.3 is 0 Å². The van der Waals surface area contributed by atoms with Crippen LogP contribution in [0.4, 0.5) is 0 Å². The quantitative estimate of drug-likeness (QED) is 0.729. The Kier molecular flexibility index (Phi) is 4.24. The summed E-state index contributed by atoms with van der Waals surface area (Å²) < 4.78 is 0. The second-order valence-corrected chi connectivity index (χ2v) is 3.21. The Bertz CT molecular complexity index is 356. The summed E-state index contributed by atoms with van der Waals surface area (Å²) in [6, 6.07) is 2.13. The summed E-state index contributed by atoms with van der Waals surface area (Å²) in [5.74, 6) is 0.285. The minimum atomic E-state index is 0.285. The predicted octanol–water partition coefficient (Wildman–Crippen LogP) is 1.81. The average Bonchev–Trinajstić information content (AvgIpc) is 2.29. The van der Waals surface area contributed by atoms with Crippen molar-refractivity contribution in [2.24, 2.45) is 5.92 Å². The Balaban J connectivity index is 2.71. The number of nitriles is 1. The van der Waals surface area contributed by atoms with Gasteiger partial charge in [-0.25, -0.2) is 0 Å². The Morgan fingerprint density at radius 3 is 3.00 bits per heavy atom. The summed E-state index contributed by atoms with van der Waals surface area (Å²) >= 11 is 0. The number of allylic oxidation sites excluding steroid dienone is 4. The van der Waals surface area contributed by atoms with Crippen LogP contribution in [0.15, 0.2) is 48.5 Å². The molecule has 0 amide bonds. The first-order valence-corrected chi connectivity index (χ1v) is 4.85. The molecule has 0 spiro atoms. The van der Waals surface area contributed by atoms with Crippen LogP contribution in [0.1, 0.15) is 6.42 Å². The number of nitrogens with zero attached hydrogens (tertiary/aromatic N) is 1. The monoisotopic (exact) mass is 201 g/mol. The highest BCUT2D eigenvalue weighted by molar-refractivity contribution is 5.37. The first-order chi connectivity index (χ1) is 7.31. The van der Waals surface area contributed by atoms with Gasteiger partial charge in [-0.3, -0.25) is 0 Å². The van der Waals surface area contributed by atoms with Crippen LogP contribution in [0.2, 0.25) is 0 Å². The zero-order valence-electron chi connectivity index (χ0n) is 8.83. The van der Waals surface area contributed by atoms with Crippen molar-refractivity contribution in [1.29, 1.82) is 5.26 Å². The van der Waals surface area contributed by atoms with Gasteiger partial charge in [-0.1, -0.05) is 18.7 Å². The van der Waals surface area contributed by atoms with E-state index in [-0.39, 0.29) is 5.92 Å². The molecule has 0 saturated carbocycles. The average molecular weight is 201 g/mol. The van der Waals surface area contributed by atoms with Gasteiger partial charge in [0.15, 0.2) is 0 Å². The lowest BCUT2D eigenvalue weighted by atomic mass is 9.94. The molecule has 3 nitrogen and oxygen atoms in total. The van der Waals surface area contributed by atoms with Crippen LogP contribution in [-0.4, -0.2) is 7.05 Å². The van der Waals surface area contributed by atoms with Crippen molar-refractivity contribution in [3.63, 3.8) is 0 Å². The molecule has 0 aliphatic heterocycles. The van der Waals surface area contributed by atoms with Gasteiger partial charge in [-0.15, -0.1) is 0 Å². The molecule has 78 valence electrons. The van der Waals surface area contributed by atoms with E-state index in [4.69, 9.17) is 5.26 Å². The fourth-order valence-electron chi connectivity index (χ4n) is 1.46. The third kappa shape index (κ3) is 3.03. The molecule has 2 N–H and O–H groups in total. The van der Waals surface area contributed by atoms with Crippen LogP contribution in [0, 0.1) is 17.2 Å². The molecule has 0 radical (unpaired) electrons. The summed E-state index contributed by atoms with van der Waals surface area (Å²) in [7, 11) is 1.86. The zero-order valence-corrected chi connectivity index (χ0v) is 8.83. The van der Waals surface area contributed by atoms with E-state index in [0.29, 0.717) is 0 Å². The molecule has 0 saturated heterocycles. The molecule has 0 aromatic heterocycles. The third-order valence-corrected chi connectivity index (χ3v) is 2.20. The summed E-state index contributed by atoms with van der Waals surface area (Å²) in [5.41, 5.74) is 1.78. The van der Waals surface area contributed by atoms with Crippen molar-refractivity contribution in [2.75, 3.05) is 7.05 Å².